The highest BCUT2D eigenvalue weighted by atomic mass is 16.5. The maximum absolute atomic E-state index is 13.3. The second kappa shape index (κ2) is 9.08. The van der Waals surface area contributed by atoms with Gasteiger partial charge in [0, 0.05) is 36.6 Å². The van der Waals surface area contributed by atoms with E-state index in [1.54, 1.807) is 19.5 Å². The Bertz CT molecular complexity index is 1030. The van der Waals surface area contributed by atoms with Gasteiger partial charge in [0.05, 0.1) is 25.0 Å². The first kappa shape index (κ1) is 20.7. The normalized spacial score (nSPS) is 18.2. The largest absolute Gasteiger partial charge is 0.496 e. The number of ether oxygens (including phenoxy) is 1. The van der Waals surface area contributed by atoms with E-state index in [1.807, 2.05) is 35.2 Å². The fourth-order valence-corrected chi connectivity index (χ4v) is 4.39. The van der Waals surface area contributed by atoms with E-state index in [1.165, 1.54) is 5.56 Å². The summed E-state index contributed by atoms with van der Waals surface area (Å²) in [6.07, 6.45) is 3.34. The molecule has 2 heterocycles. The van der Waals surface area contributed by atoms with Crippen LogP contribution in [0.15, 0.2) is 73.1 Å². The van der Waals surface area contributed by atoms with Gasteiger partial charge in [0.1, 0.15) is 5.75 Å². The molecule has 0 saturated heterocycles. The number of pyridine rings is 1. The van der Waals surface area contributed by atoms with Crippen LogP contribution >= 0.6 is 0 Å². The number of amides is 2. The van der Waals surface area contributed by atoms with Gasteiger partial charge in [-0.3, -0.25) is 4.98 Å². The lowest BCUT2D eigenvalue weighted by molar-refractivity contribution is 0.170. The van der Waals surface area contributed by atoms with Crippen molar-refractivity contribution in [2.45, 2.75) is 32.5 Å². The number of urea groups is 1. The lowest BCUT2D eigenvalue weighted by atomic mass is 10.0. The van der Waals surface area contributed by atoms with E-state index in [4.69, 9.17) is 4.74 Å². The monoisotopic (exact) mass is 416 g/mol. The molecule has 0 aliphatic carbocycles. The summed E-state index contributed by atoms with van der Waals surface area (Å²) >= 11 is 0. The van der Waals surface area contributed by atoms with Crippen molar-refractivity contribution in [1.29, 1.82) is 0 Å². The van der Waals surface area contributed by atoms with Crippen LogP contribution < -0.4 is 15.0 Å². The molecule has 0 unspecified atom stereocenters. The molecule has 0 radical (unpaired) electrons. The van der Waals surface area contributed by atoms with Crippen molar-refractivity contribution in [3.05, 3.63) is 84.2 Å². The molecule has 6 nitrogen and oxygen atoms in total. The highest BCUT2D eigenvalue weighted by Gasteiger charge is 2.35. The number of nitrogens with zero attached hydrogens (tertiary/aromatic N) is 3. The van der Waals surface area contributed by atoms with Gasteiger partial charge < -0.3 is 19.9 Å². The lowest BCUT2D eigenvalue weighted by Crippen LogP contribution is -2.46. The molecule has 0 saturated carbocycles. The van der Waals surface area contributed by atoms with E-state index in [2.05, 4.69) is 59.4 Å². The van der Waals surface area contributed by atoms with Gasteiger partial charge in [-0.05, 0) is 43.7 Å². The van der Waals surface area contributed by atoms with Crippen molar-refractivity contribution < 1.29 is 9.53 Å². The fraction of sp³-hybridized carbons (Fsp3) is 0.280. The first-order valence-electron chi connectivity index (χ1n) is 10.5. The summed E-state index contributed by atoms with van der Waals surface area (Å²) in [5, 5.41) is 3.00. The molecule has 1 aliphatic heterocycles. The van der Waals surface area contributed by atoms with Gasteiger partial charge in [0.25, 0.3) is 0 Å². The van der Waals surface area contributed by atoms with Gasteiger partial charge in [-0.25, -0.2) is 4.79 Å². The SMILES string of the molecule is COc1cccc2c1[C@H](C)N(C(=O)Nc1cccnc1)[C@H](C)CN2Cc1ccccc1. The summed E-state index contributed by atoms with van der Waals surface area (Å²) < 4.78 is 5.72. The maximum Gasteiger partial charge on any atom is 0.322 e. The van der Waals surface area contributed by atoms with E-state index >= 15 is 0 Å². The third-order valence-electron chi connectivity index (χ3n) is 5.76. The fourth-order valence-electron chi connectivity index (χ4n) is 4.39. The van der Waals surface area contributed by atoms with Crippen LogP contribution in [-0.2, 0) is 6.54 Å². The number of rotatable bonds is 4. The predicted octanol–water partition coefficient (Wildman–Crippen LogP) is 5.09. The number of methoxy groups -OCH3 is 1. The zero-order valence-electron chi connectivity index (χ0n) is 18.2. The average Bonchev–Trinajstić information content (AvgIpc) is 2.89. The minimum absolute atomic E-state index is 0.0208. The Morgan fingerprint density at radius 2 is 1.90 bits per heavy atom. The molecule has 31 heavy (non-hydrogen) atoms. The molecule has 0 fully saturated rings. The molecule has 2 atom stereocenters. The Hall–Kier alpha value is -3.54. The average molecular weight is 417 g/mol. The van der Waals surface area contributed by atoms with Crippen molar-refractivity contribution in [2.24, 2.45) is 0 Å². The Kier molecular flexibility index (Phi) is 6.07. The van der Waals surface area contributed by atoms with Crippen LogP contribution in [0.5, 0.6) is 5.75 Å². The molecule has 0 spiro atoms. The molecule has 2 amide bonds. The Balaban J connectivity index is 1.71. The van der Waals surface area contributed by atoms with Gasteiger partial charge in [0.15, 0.2) is 0 Å². The minimum atomic E-state index is -0.168. The van der Waals surface area contributed by atoms with Crippen molar-refractivity contribution in [2.75, 3.05) is 23.9 Å². The molecular formula is C25H28N4O2. The number of benzene rings is 2. The Morgan fingerprint density at radius 1 is 1.10 bits per heavy atom. The summed E-state index contributed by atoms with van der Waals surface area (Å²) in [6, 6.07) is 19.8. The highest BCUT2D eigenvalue weighted by Crippen LogP contribution is 2.41. The highest BCUT2D eigenvalue weighted by molar-refractivity contribution is 5.90. The van der Waals surface area contributed by atoms with Crippen LogP contribution in [0.3, 0.4) is 0 Å². The molecule has 6 heteroatoms. The number of hydrogen-bond acceptors (Lipinski definition) is 4. The van der Waals surface area contributed by atoms with Crippen molar-refractivity contribution in [3.63, 3.8) is 0 Å². The van der Waals surface area contributed by atoms with E-state index in [0.717, 1.165) is 23.5 Å². The summed E-state index contributed by atoms with van der Waals surface area (Å²) in [6.45, 7) is 5.62. The van der Waals surface area contributed by atoms with Crippen molar-refractivity contribution in [3.8, 4) is 5.75 Å². The molecule has 1 aromatic heterocycles. The third-order valence-corrected chi connectivity index (χ3v) is 5.76. The Labute approximate surface area is 183 Å². The zero-order chi connectivity index (χ0) is 21.8. The molecular weight excluding hydrogens is 388 g/mol. The third kappa shape index (κ3) is 4.33. The molecule has 2 aromatic carbocycles. The second-order valence-corrected chi connectivity index (χ2v) is 7.86. The van der Waals surface area contributed by atoms with Crippen molar-refractivity contribution >= 4 is 17.4 Å². The lowest BCUT2D eigenvalue weighted by Gasteiger charge is -2.33. The van der Waals surface area contributed by atoms with Crippen LogP contribution in [0.4, 0.5) is 16.2 Å². The maximum atomic E-state index is 13.3. The van der Waals surface area contributed by atoms with Gasteiger partial charge in [0.2, 0.25) is 0 Å². The number of aromatic nitrogens is 1. The van der Waals surface area contributed by atoms with Crippen LogP contribution in [0.25, 0.3) is 0 Å². The summed E-state index contributed by atoms with van der Waals surface area (Å²) in [7, 11) is 1.68. The first-order chi connectivity index (χ1) is 15.1. The standard InChI is InChI=1S/C25H28N4O2/c1-18-16-28(17-20-9-5-4-6-10-20)22-12-7-13-23(31-3)24(22)19(2)29(18)25(30)27-21-11-8-14-26-15-21/h4-15,18-19H,16-17H2,1-3H3,(H,27,30)/t18-,19+/m1/s1. The van der Waals surface area contributed by atoms with Crippen LogP contribution in [0, 0.1) is 0 Å². The van der Waals surface area contributed by atoms with Gasteiger partial charge in [-0.1, -0.05) is 36.4 Å². The minimum Gasteiger partial charge on any atom is -0.496 e. The number of fused-ring (bicyclic) bond motifs is 1. The number of anilines is 2. The predicted molar refractivity (Wildman–Crippen MR) is 123 cm³/mol. The van der Waals surface area contributed by atoms with Gasteiger partial charge in [-0.2, -0.15) is 0 Å². The smallest absolute Gasteiger partial charge is 0.322 e. The summed E-state index contributed by atoms with van der Waals surface area (Å²) in [5.41, 5.74) is 4.02. The summed E-state index contributed by atoms with van der Waals surface area (Å²) in [4.78, 5) is 21.7. The quantitative estimate of drug-likeness (QED) is 0.643. The van der Waals surface area contributed by atoms with Crippen molar-refractivity contribution in [1.82, 2.24) is 9.88 Å². The molecule has 160 valence electrons. The summed E-state index contributed by atoms with van der Waals surface area (Å²) in [5.74, 6) is 0.788. The van der Waals surface area contributed by atoms with Crippen LogP contribution in [0.2, 0.25) is 0 Å². The molecule has 0 bridgehead atoms. The van der Waals surface area contributed by atoms with Gasteiger partial charge in [-0.15, -0.1) is 0 Å². The number of carbonyl (C=O) groups excluding carboxylic acids is 1. The van der Waals surface area contributed by atoms with Crippen LogP contribution in [-0.4, -0.2) is 35.6 Å². The second-order valence-electron chi connectivity index (χ2n) is 7.86. The molecule has 4 rings (SSSR count). The van der Waals surface area contributed by atoms with E-state index < -0.39 is 0 Å². The number of nitrogens with one attached hydrogen (secondary N) is 1. The number of carbonyl (C=O) groups is 1. The Morgan fingerprint density at radius 3 is 2.61 bits per heavy atom. The van der Waals surface area contributed by atoms with Crippen LogP contribution in [0.1, 0.15) is 31.0 Å². The topological polar surface area (TPSA) is 57.7 Å². The molecule has 1 aliphatic rings. The van der Waals surface area contributed by atoms with E-state index in [-0.39, 0.29) is 18.1 Å². The molecule has 3 aromatic rings. The molecule has 1 N–H and O–H groups in total. The number of hydrogen-bond donors (Lipinski definition) is 1. The zero-order valence-corrected chi connectivity index (χ0v) is 18.2. The first-order valence-corrected chi connectivity index (χ1v) is 10.5. The van der Waals surface area contributed by atoms with E-state index in [0.29, 0.717) is 12.2 Å². The van der Waals surface area contributed by atoms with E-state index in [9.17, 15) is 4.79 Å². The van der Waals surface area contributed by atoms with Gasteiger partial charge >= 0.3 is 6.03 Å².